The molecule has 2 N–H and O–H groups in total. The first-order valence-corrected chi connectivity index (χ1v) is 5.47. The van der Waals surface area contributed by atoms with Gasteiger partial charge in [0.2, 0.25) is 0 Å². The van der Waals surface area contributed by atoms with Gasteiger partial charge in [0, 0.05) is 17.7 Å². The van der Waals surface area contributed by atoms with Crippen LogP contribution in [-0.2, 0) is 0 Å². The Morgan fingerprint density at radius 2 is 1.95 bits per heavy atom. The number of carbonyl (C=O) groups is 1. The summed E-state index contributed by atoms with van der Waals surface area (Å²) in [7, 11) is 0. The van der Waals surface area contributed by atoms with Crippen molar-refractivity contribution in [3.8, 4) is 5.75 Å². The number of nitrogens with one attached hydrogen (secondary N) is 1. The highest BCUT2D eigenvalue weighted by atomic mass is 16.5. The number of benzene rings is 1. The van der Waals surface area contributed by atoms with Crippen LogP contribution in [0.2, 0.25) is 0 Å². The second-order valence-corrected chi connectivity index (χ2v) is 3.70. The van der Waals surface area contributed by atoms with E-state index < -0.39 is 5.91 Å². The third kappa shape index (κ3) is 3.29. The maximum Gasteiger partial charge on any atom is 0.271 e. The molecule has 0 fully saturated rings. The van der Waals surface area contributed by atoms with Gasteiger partial charge < -0.3 is 10.3 Å². The van der Waals surface area contributed by atoms with Crippen molar-refractivity contribution in [2.45, 2.75) is 0 Å². The highest BCUT2D eigenvalue weighted by molar-refractivity contribution is 5.94. The largest absolute Gasteiger partial charge is 0.619 e. The van der Waals surface area contributed by atoms with Crippen LogP contribution in [0.25, 0.3) is 0 Å². The first-order chi connectivity index (χ1) is 9.16. The van der Waals surface area contributed by atoms with Gasteiger partial charge in [0.1, 0.15) is 5.75 Å². The van der Waals surface area contributed by atoms with Crippen molar-refractivity contribution < 1.29 is 14.6 Å². The highest BCUT2D eigenvalue weighted by Gasteiger charge is 2.04. The number of hydrogen-bond donors (Lipinski definition) is 2. The van der Waals surface area contributed by atoms with E-state index in [1.165, 1.54) is 36.8 Å². The lowest BCUT2D eigenvalue weighted by atomic mass is 10.2. The predicted octanol–water partition coefficient (Wildman–Crippen LogP) is 0.790. The number of aromatic hydroxyl groups is 1. The van der Waals surface area contributed by atoms with Crippen LogP contribution in [0, 0.1) is 5.21 Å². The zero-order valence-corrected chi connectivity index (χ0v) is 9.85. The van der Waals surface area contributed by atoms with E-state index in [-0.39, 0.29) is 5.75 Å². The van der Waals surface area contributed by atoms with Crippen LogP contribution in [0.15, 0.2) is 53.9 Å². The Bertz CT molecular complexity index is 609. The third-order valence-electron chi connectivity index (χ3n) is 2.37. The molecule has 0 aliphatic heterocycles. The van der Waals surface area contributed by atoms with Crippen molar-refractivity contribution in [2.24, 2.45) is 5.10 Å². The van der Waals surface area contributed by atoms with E-state index in [1.807, 2.05) is 0 Å². The molecule has 1 heterocycles. The van der Waals surface area contributed by atoms with Gasteiger partial charge in [-0.05, 0) is 12.1 Å². The minimum Gasteiger partial charge on any atom is -0.619 e. The van der Waals surface area contributed by atoms with E-state index in [2.05, 4.69) is 10.5 Å². The van der Waals surface area contributed by atoms with Crippen LogP contribution < -0.4 is 10.2 Å². The van der Waals surface area contributed by atoms with Gasteiger partial charge in [-0.3, -0.25) is 4.79 Å². The quantitative estimate of drug-likeness (QED) is 0.369. The van der Waals surface area contributed by atoms with Crippen LogP contribution in [0.1, 0.15) is 15.9 Å². The van der Waals surface area contributed by atoms with E-state index in [0.29, 0.717) is 15.9 Å². The van der Waals surface area contributed by atoms with Crippen LogP contribution in [0.3, 0.4) is 0 Å². The molecule has 2 rings (SSSR count). The smallest absolute Gasteiger partial charge is 0.271 e. The van der Waals surface area contributed by atoms with Crippen molar-refractivity contribution in [1.29, 1.82) is 0 Å². The molecule has 96 valence electrons. The zero-order valence-electron chi connectivity index (χ0n) is 9.85. The summed E-state index contributed by atoms with van der Waals surface area (Å²) in [6, 6.07) is 9.39. The number of aromatic nitrogens is 1. The summed E-state index contributed by atoms with van der Waals surface area (Å²) < 4.78 is 0.585. The SMILES string of the molecule is O=C(N/N=C\c1ccccc1O)c1cc[n+]([O-])cc1. The second kappa shape index (κ2) is 5.63. The van der Waals surface area contributed by atoms with E-state index >= 15 is 0 Å². The number of carbonyl (C=O) groups excluding carboxylic acids is 1. The fourth-order valence-corrected chi connectivity index (χ4v) is 1.39. The number of rotatable bonds is 3. The van der Waals surface area contributed by atoms with Crippen LogP contribution in [-0.4, -0.2) is 17.2 Å². The summed E-state index contributed by atoms with van der Waals surface area (Å²) >= 11 is 0. The first kappa shape index (κ1) is 12.6. The molecule has 0 aliphatic rings. The van der Waals surface area contributed by atoms with Crippen molar-refractivity contribution >= 4 is 12.1 Å². The van der Waals surface area contributed by atoms with Crippen molar-refractivity contribution in [2.75, 3.05) is 0 Å². The van der Waals surface area contributed by atoms with Crippen molar-refractivity contribution in [3.05, 3.63) is 65.1 Å². The van der Waals surface area contributed by atoms with E-state index in [4.69, 9.17) is 0 Å². The minimum absolute atomic E-state index is 0.0765. The molecule has 0 spiro atoms. The molecule has 2 aromatic rings. The molecule has 1 aromatic heterocycles. The maximum atomic E-state index is 11.6. The lowest BCUT2D eigenvalue weighted by Crippen LogP contribution is -2.26. The topological polar surface area (TPSA) is 88.6 Å². The van der Waals surface area contributed by atoms with Gasteiger partial charge in [0.15, 0.2) is 12.4 Å². The minimum atomic E-state index is -0.438. The van der Waals surface area contributed by atoms with Gasteiger partial charge in [-0.25, -0.2) is 5.43 Å². The maximum absolute atomic E-state index is 11.6. The average Bonchev–Trinajstić information content (AvgIpc) is 2.41. The first-order valence-electron chi connectivity index (χ1n) is 5.47. The van der Waals surface area contributed by atoms with Crippen LogP contribution >= 0.6 is 0 Å². The molecule has 0 saturated carbocycles. The summed E-state index contributed by atoms with van der Waals surface area (Å²) in [5.41, 5.74) is 3.12. The lowest BCUT2D eigenvalue weighted by Gasteiger charge is -2.00. The number of hydrogen-bond acceptors (Lipinski definition) is 4. The fourth-order valence-electron chi connectivity index (χ4n) is 1.39. The number of hydrazone groups is 1. The second-order valence-electron chi connectivity index (χ2n) is 3.70. The highest BCUT2D eigenvalue weighted by Crippen LogP contribution is 2.12. The molecule has 0 radical (unpaired) electrons. The van der Waals surface area contributed by atoms with E-state index in [0.717, 1.165) is 0 Å². The molecular formula is C13H11N3O3. The monoisotopic (exact) mass is 257 g/mol. The van der Waals surface area contributed by atoms with E-state index in [9.17, 15) is 15.1 Å². The molecule has 0 aliphatic carbocycles. The van der Waals surface area contributed by atoms with Crippen molar-refractivity contribution in [3.63, 3.8) is 0 Å². The molecular weight excluding hydrogens is 246 g/mol. The van der Waals surface area contributed by atoms with Gasteiger partial charge in [-0.15, -0.1) is 0 Å². The number of phenolic OH excluding ortho intramolecular Hbond substituents is 1. The molecule has 1 aromatic carbocycles. The molecule has 6 heteroatoms. The molecule has 1 amide bonds. The Kier molecular flexibility index (Phi) is 3.72. The van der Waals surface area contributed by atoms with Crippen LogP contribution in [0.4, 0.5) is 0 Å². The Morgan fingerprint density at radius 1 is 1.26 bits per heavy atom. The van der Waals surface area contributed by atoms with Crippen LogP contribution in [0.5, 0.6) is 5.75 Å². The standard InChI is InChI=1S/C13H11N3O3/c17-12-4-2-1-3-11(12)9-14-15-13(18)10-5-7-16(19)8-6-10/h1-9,17H,(H,15,18)/b14-9-. The van der Waals surface area contributed by atoms with Gasteiger partial charge in [0.05, 0.1) is 11.8 Å². The summed E-state index contributed by atoms with van der Waals surface area (Å²) in [4.78, 5) is 11.6. The van der Waals surface area contributed by atoms with Crippen molar-refractivity contribution in [1.82, 2.24) is 5.43 Å². The van der Waals surface area contributed by atoms with Gasteiger partial charge >= 0.3 is 0 Å². The van der Waals surface area contributed by atoms with Gasteiger partial charge in [-0.1, -0.05) is 12.1 Å². The summed E-state index contributed by atoms with van der Waals surface area (Å²) in [6.07, 6.45) is 3.78. The van der Waals surface area contributed by atoms with Gasteiger partial charge in [0.25, 0.3) is 5.91 Å². The summed E-state index contributed by atoms with van der Waals surface area (Å²) in [5.74, 6) is -0.361. The average molecular weight is 257 g/mol. The Morgan fingerprint density at radius 3 is 2.63 bits per heavy atom. The van der Waals surface area contributed by atoms with E-state index in [1.54, 1.807) is 18.2 Å². The lowest BCUT2D eigenvalue weighted by molar-refractivity contribution is -0.605. The molecule has 0 saturated heterocycles. The zero-order chi connectivity index (χ0) is 13.7. The molecule has 0 bridgehead atoms. The summed E-state index contributed by atoms with van der Waals surface area (Å²) in [6.45, 7) is 0. The molecule has 0 unspecified atom stereocenters. The number of amides is 1. The number of pyridine rings is 1. The third-order valence-corrected chi connectivity index (χ3v) is 2.37. The molecule has 0 atom stereocenters. The number of para-hydroxylation sites is 1. The van der Waals surface area contributed by atoms with Gasteiger partial charge in [-0.2, -0.15) is 9.83 Å². The number of phenols is 1. The Labute approximate surface area is 109 Å². The molecule has 19 heavy (non-hydrogen) atoms. The fraction of sp³-hybridized carbons (Fsp3) is 0. The Balaban J connectivity index is 2.01. The Hall–Kier alpha value is -2.89. The summed E-state index contributed by atoms with van der Waals surface area (Å²) in [5, 5.41) is 24.0. The predicted molar refractivity (Wildman–Crippen MR) is 68.6 cm³/mol. The normalized spacial score (nSPS) is 10.5. The molecule has 6 nitrogen and oxygen atoms in total. The number of nitrogens with zero attached hydrogens (tertiary/aromatic N) is 2.